The Kier molecular flexibility index (Phi) is 4.64. The number of carbonyl (C=O) groups is 2. The Morgan fingerprint density at radius 2 is 1.68 bits per heavy atom. The highest BCUT2D eigenvalue weighted by atomic mass is 32.1. The van der Waals surface area contributed by atoms with Crippen LogP contribution in [0.4, 0.5) is 0 Å². The number of aryl methyl sites for hydroxylation is 3. The van der Waals surface area contributed by atoms with Crippen LogP contribution in [-0.2, 0) is 13.5 Å². The summed E-state index contributed by atoms with van der Waals surface area (Å²) < 4.78 is 2.07. The highest BCUT2D eigenvalue weighted by Gasteiger charge is 2.34. The summed E-state index contributed by atoms with van der Waals surface area (Å²) in [6.07, 6.45) is 2.56. The number of benzene rings is 3. The summed E-state index contributed by atoms with van der Waals surface area (Å²) in [6.45, 7) is 4.05. The lowest BCUT2D eigenvalue weighted by molar-refractivity contribution is 0.0990. The third-order valence-corrected chi connectivity index (χ3v) is 7.69. The topological polar surface area (TPSA) is 52.0 Å². The molecule has 0 saturated carbocycles. The summed E-state index contributed by atoms with van der Waals surface area (Å²) in [7, 11) is 2.00. The second-order valence-electron chi connectivity index (χ2n) is 8.79. The number of nitrogens with zero attached hydrogens (tertiary/aromatic N) is 2. The number of carbonyl (C=O) groups excluding carboxylic acids is 2. The van der Waals surface area contributed by atoms with Gasteiger partial charge in [0, 0.05) is 28.6 Å². The molecular weight excluding hydrogens is 440 g/mol. The summed E-state index contributed by atoms with van der Waals surface area (Å²) in [4.78, 5) is 32.7. The van der Waals surface area contributed by atoms with Crippen LogP contribution in [-0.4, -0.2) is 21.1 Å². The number of aromatic nitrogens is 2. The fraction of sp³-hybridized carbons (Fsp3) is 0.138. The van der Waals surface area contributed by atoms with Gasteiger partial charge in [-0.3, -0.25) is 9.59 Å². The highest BCUT2D eigenvalue weighted by Crippen LogP contribution is 2.35. The van der Waals surface area contributed by atoms with Gasteiger partial charge in [-0.2, -0.15) is 0 Å². The molecule has 0 aliphatic heterocycles. The molecule has 34 heavy (non-hydrogen) atoms. The van der Waals surface area contributed by atoms with Gasteiger partial charge in [0.1, 0.15) is 10.7 Å². The molecule has 4 nitrogen and oxygen atoms in total. The first-order chi connectivity index (χ1) is 16.4. The van der Waals surface area contributed by atoms with Crippen molar-refractivity contribution in [3.05, 3.63) is 93.4 Å². The van der Waals surface area contributed by atoms with Gasteiger partial charge >= 0.3 is 0 Å². The Balaban J connectivity index is 1.39. The number of fused-ring (bicyclic) bond motifs is 3. The van der Waals surface area contributed by atoms with Crippen LogP contribution < -0.4 is 0 Å². The van der Waals surface area contributed by atoms with Crippen molar-refractivity contribution in [2.24, 2.45) is 7.05 Å². The molecule has 0 spiro atoms. The molecule has 2 aromatic heterocycles. The van der Waals surface area contributed by atoms with E-state index >= 15 is 0 Å². The van der Waals surface area contributed by atoms with Crippen LogP contribution in [0.15, 0.2) is 66.2 Å². The van der Waals surface area contributed by atoms with E-state index in [1.165, 1.54) is 22.1 Å². The van der Waals surface area contributed by atoms with Crippen LogP contribution in [0.1, 0.15) is 43.6 Å². The minimum atomic E-state index is -0.187. The van der Waals surface area contributed by atoms with Gasteiger partial charge in [0.2, 0.25) is 0 Å². The van der Waals surface area contributed by atoms with Gasteiger partial charge in [0.25, 0.3) is 0 Å². The van der Waals surface area contributed by atoms with E-state index in [0.717, 1.165) is 44.2 Å². The number of rotatable bonds is 3. The maximum absolute atomic E-state index is 13.1. The highest BCUT2D eigenvalue weighted by molar-refractivity contribution is 7.19. The molecule has 6 rings (SSSR count). The molecule has 3 aromatic carbocycles. The number of hydrogen-bond acceptors (Lipinski definition) is 4. The summed E-state index contributed by atoms with van der Waals surface area (Å²) in [5.41, 5.74) is 5.48. The third-order valence-electron chi connectivity index (χ3n) is 6.73. The van der Waals surface area contributed by atoms with Gasteiger partial charge in [-0.05, 0) is 65.6 Å². The van der Waals surface area contributed by atoms with Crippen LogP contribution in [0.3, 0.4) is 0 Å². The van der Waals surface area contributed by atoms with Crippen molar-refractivity contribution in [2.75, 3.05) is 0 Å². The molecule has 5 aromatic rings. The quantitative estimate of drug-likeness (QED) is 0.219. The van der Waals surface area contributed by atoms with E-state index in [9.17, 15) is 9.59 Å². The van der Waals surface area contributed by atoms with Crippen molar-refractivity contribution in [2.45, 2.75) is 20.3 Å². The molecule has 0 saturated heterocycles. The maximum Gasteiger partial charge on any atom is 0.197 e. The predicted molar refractivity (Wildman–Crippen MR) is 139 cm³/mol. The van der Waals surface area contributed by atoms with Crippen molar-refractivity contribution >= 4 is 50.1 Å². The molecule has 1 aliphatic rings. The predicted octanol–water partition coefficient (Wildman–Crippen LogP) is 6.79. The molecule has 0 amide bonds. The monoisotopic (exact) mass is 462 g/mol. The van der Waals surface area contributed by atoms with Crippen LogP contribution in [0.5, 0.6) is 0 Å². The Morgan fingerprint density at radius 1 is 0.941 bits per heavy atom. The first kappa shape index (κ1) is 20.8. The molecule has 1 aliphatic carbocycles. The number of allylic oxidation sites excluding steroid dienone is 1. The van der Waals surface area contributed by atoms with E-state index in [2.05, 4.69) is 41.8 Å². The molecule has 0 bridgehead atoms. The Bertz CT molecular complexity index is 1700. The zero-order valence-electron chi connectivity index (χ0n) is 19.2. The Labute approximate surface area is 201 Å². The zero-order chi connectivity index (χ0) is 23.6. The summed E-state index contributed by atoms with van der Waals surface area (Å²) in [5.74, 6) is 0.527. The van der Waals surface area contributed by atoms with Crippen LogP contribution in [0, 0.1) is 6.92 Å². The fourth-order valence-electron chi connectivity index (χ4n) is 4.83. The number of imidazole rings is 1. The average molecular weight is 463 g/mol. The molecular formula is C29H22N2O2S. The van der Waals surface area contributed by atoms with Gasteiger partial charge in [-0.15, -0.1) is 11.3 Å². The van der Waals surface area contributed by atoms with Crippen molar-refractivity contribution in [3.63, 3.8) is 0 Å². The van der Waals surface area contributed by atoms with Gasteiger partial charge in [0.05, 0.1) is 11.1 Å². The molecule has 0 unspecified atom stereocenters. The standard InChI is InChI=1S/C29H22N2O2S/c1-4-17-13-23-22(11-16(17)2)26(32)24(27(23)33)14-21-15-25-29(34-21)30-28(31(25)3)20-10-9-18-7-5-6-8-19(18)12-20/h5-15H,4H2,1-3H3/b24-14+. The van der Waals surface area contributed by atoms with Gasteiger partial charge in [-0.25, -0.2) is 4.98 Å². The normalized spacial score (nSPS) is 14.6. The van der Waals surface area contributed by atoms with Crippen molar-refractivity contribution < 1.29 is 9.59 Å². The smallest absolute Gasteiger partial charge is 0.197 e. The zero-order valence-corrected chi connectivity index (χ0v) is 20.0. The van der Waals surface area contributed by atoms with Crippen molar-refractivity contribution in [3.8, 4) is 11.4 Å². The van der Waals surface area contributed by atoms with E-state index in [0.29, 0.717) is 11.1 Å². The number of Topliss-reactive ketones (excluding diaryl/α,β-unsaturated/α-hetero) is 2. The Hall–Kier alpha value is -3.83. The molecule has 0 radical (unpaired) electrons. The Morgan fingerprint density at radius 3 is 2.41 bits per heavy atom. The first-order valence-electron chi connectivity index (χ1n) is 11.3. The van der Waals surface area contributed by atoms with E-state index < -0.39 is 0 Å². The molecule has 166 valence electrons. The second kappa shape index (κ2) is 7.61. The van der Waals surface area contributed by atoms with Crippen LogP contribution in [0.25, 0.3) is 38.6 Å². The lowest BCUT2D eigenvalue weighted by Gasteiger charge is -2.04. The maximum atomic E-state index is 13.1. The van der Waals surface area contributed by atoms with E-state index in [1.807, 2.05) is 44.3 Å². The molecule has 2 heterocycles. The van der Waals surface area contributed by atoms with Crippen LogP contribution >= 0.6 is 11.3 Å². The lowest BCUT2D eigenvalue weighted by atomic mass is 9.99. The molecule has 0 N–H and O–H groups in total. The fourth-order valence-corrected chi connectivity index (χ4v) is 5.83. The van der Waals surface area contributed by atoms with Crippen LogP contribution in [0.2, 0.25) is 0 Å². The van der Waals surface area contributed by atoms with Gasteiger partial charge < -0.3 is 4.57 Å². The molecule has 0 fully saturated rings. The second-order valence-corrected chi connectivity index (χ2v) is 9.85. The third kappa shape index (κ3) is 3.08. The van der Waals surface area contributed by atoms with Gasteiger partial charge in [0.15, 0.2) is 11.6 Å². The molecule has 5 heteroatoms. The minimum absolute atomic E-state index is 0.183. The summed E-state index contributed by atoms with van der Waals surface area (Å²) in [5, 5.41) is 2.38. The average Bonchev–Trinajstić information content (AvgIpc) is 3.45. The number of ketones is 2. The SMILES string of the molecule is CCc1cc2c(cc1C)C(=O)/C(=C\c1cc3c(nc(-c4ccc5ccccc5c4)n3C)s1)C2=O. The number of hydrogen-bond donors (Lipinski definition) is 0. The van der Waals surface area contributed by atoms with Crippen molar-refractivity contribution in [1.82, 2.24) is 9.55 Å². The van der Waals surface area contributed by atoms with E-state index in [-0.39, 0.29) is 17.1 Å². The first-order valence-corrected chi connectivity index (χ1v) is 12.2. The lowest BCUT2D eigenvalue weighted by Crippen LogP contribution is -1.99. The van der Waals surface area contributed by atoms with Crippen molar-refractivity contribution in [1.29, 1.82) is 0 Å². The summed E-state index contributed by atoms with van der Waals surface area (Å²) >= 11 is 1.50. The molecule has 0 atom stereocenters. The number of thiophene rings is 1. The van der Waals surface area contributed by atoms with E-state index in [1.54, 1.807) is 6.08 Å². The minimum Gasteiger partial charge on any atom is -0.326 e. The van der Waals surface area contributed by atoms with E-state index in [4.69, 9.17) is 4.98 Å². The summed E-state index contributed by atoms with van der Waals surface area (Å²) in [6, 6.07) is 20.4. The van der Waals surface area contributed by atoms with Gasteiger partial charge in [-0.1, -0.05) is 43.3 Å². The largest absolute Gasteiger partial charge is 0.326 e.